The average Bonchev–Trinajstić information content (AvgIpc) is 3.84. The van der Waals surface area contributed by atoms with Gasteiger partial charge in [0, 0.05) is 73.2 Å². The second-order valence-corrected chi connectivity index (χ2v) is 26.3. The summed E-state index contributed by atoms with van der Waals surface area (Å²) in [7, 11) is 0. The molecular formula is C61H86N2O6. The van der Waals surface area contributed by atoms with Gasteiger partial charge in [0.25, 0.3) is 0 Å². The van der Waals surface area contributed by atoms with Crippen LogP contribution in [0.25, 0.3) is 11.0 Å². The fraction of sp³-hybridized carbons (Fsp3) is 0.738. The van der Waals surface area contributed by atoms with Crippen molar-refractivity contribution < 1.29 is 29.3 Å². The zero-order valence-corrected chi connectivity index (χ0v) is 43.9. The number of carbonyl (C=O) groups is 2. The van der Waals surface area contributed by atoms with Crippen LogP contribution in [0.1, 0.15) is 192 Å². The highest BCUT2D eigenvalue weighted by atomic mass is 16.6. The number of ketones is 2. The number of nitrogens with zero attached hydrogens (tertiary/aromatic N) is 1. The molecule has 12 atom stereocenters. The van der Waals surface area contributed by atoms with Crippen molar-refractivity contribution >= 4 is 22.6 Å². The number of allylic oxidation sites excluding steroid dienone is 1. The first kappa shape index (κ1) is 48.2. The highest BCUT2D eigenvalue weighted by Gasteiger charge is 2.75. The van der Waals surface area contributed by atoms with E-state index in [1.165, 1.54) is 57.3 Å². The molecule has 69 heavy (non-hydrogen) atoms. The maximum Gasteiger partial charge on any atom is 0.163 e. The molecule has 5 aliphatic carbocycles. The first-order valence-corrected chi connectivity index (χ1v) is 28.0. The Labute approximate surface area is 413 Å². The minimum atomic E-state index is -0.723. The normalized spacial score (nSPS) is 39.4. The number of aryl methyl sites for hydroxylation is 2. The third kappa shape index (κ3) is 7.21. The number of hydrogen-bond acceptors (Lipinski definition) is 6. The van der Waals surface area contributed by atoms with Gasteiger partial charge in [-0.25, -0.2) is 0 Å². The Bertz CT molecular complexity index is 2530. The van der Waals surface area contributed by atoms with Crippen molar-refractivity contribution in [1.29, 1.82) is 0 Å². The summed E-state index contributed by atoms with van der Waals surface area (Å²) in [5, 5.41) is 26.3. The molecule has 3 aromatic rings. The lowest BCUT2D eigenvalue weighted by molar-refractivity contribution is -0.233. The Hall–Kier alpha value is -3.04. The lowest BCUT2D eigenvalue weighted by Crippen LogP contribution is -2.69. The summed E-state index contributed by atoms with van der Waals surface area (Å²) in [4.78, 5) is 34.7. The number of nitrogens with one attached hydrogen (secondary N) is 1. The van der Waals surface area contributed by atoms with Crippen molar-refractivity contribution in [3.8, 4) is 0 Å². The van der Waals surface area contributed by atoms with E-state index in [4.69, 9.17) is 9.47 Å². The molecule has 8 aliphatic rings. The topological polar surface area (TPSA) is 117 Å². The van der Waals surface area contributed by atoms with Crippen LogP contribution in [0.3, 0.4) is 0 Å². The number of aromatic amines is 1. The number of carbonyl (C=O) groups excluding carboxylic acids is 2. The van der Waals surface area contributed by atoms with E-state index in [1.807, 2.05) is 0 Å². The van der Waals surface area contributed by atoms with Crippen molar-refractivity contribution in [3.63, 3.8) is 0 Å². The van der Waals surface area contributed by atoms with Gasteiger partial charge in [0.15, 0.2) is 5.78 Å². The second kappa shape index (κ2) is 17.0. The minimum Gasteiger partial charge on any atom is -0.392 e. The number of unbranched alkanes of at least 4 members (excludes halogenated alkanes) is 2. The molecule has 0 unspecified atom stereocenters. The number of aliphatic hydroxyl groups excluding tert-OH is 2. The van der Waals surface area contributed by atoms with E-state index in [0.29, 0.717) is 43.4 Å². The van der Waals surface area contributed by atoms with Gasteiger partial charge in [0.2, 0.25) is 0 Å². The van der Waals surface area contributed by atoms with Crippen LogP contribution < -0.4 is 0 Å². The van der Waals surface area contributed by atoms with E-state index in [0.717, 1.165) is 102 Å². The number of fused-ring (bicyclic) bond motifs is 4. The molecular weight excluding hydrogens is 857 g/mol. The number of H-pyrrole nitrogens is 1. The highest BCUT2D eigenvalue weighted by molar-refractivity contribution is 6.03. The monoisotopic (exact) mass is 943 g/mol. The van der Waals surface area contributed by atoms with Crippen LogP contribution in [-0.2, 0) is 38.4 Å². The van der Waals surface area contributed by atoms with Crippen molar-refractivity contribution in [2.24, 2.45) is 56.7 Å². The second-order valence-electron chi connectivity index (χ2n) is 26.3. The Morgan fingerprint density at radius 3 is 2.36 bits per heavy atom. The van der Waals surface area contributed by atoms with E-state index in [-0.39, 0.29) is 46.4 Å². The molecule has 376 valence electrons. The van der Waals surface area contributed by atoms with Gasteiger partial charge in [0.1, 0.15) is 11.9 Å². The summed E-state index contributed by atoms with van der Waals surface area (Å²) in [5.41, 5.74) is 8.43. The van der Waals surface area contributed by atoms with Crippen LogP contribution in [0.2, 0.25) is 0 Å². The Kier molecular flexibility index (Phi) is 11.9. The quantitative estimate of drug-likeness (QED) is 0.130. The molecule has 0 spiro atoms. The fourth-order valence-corrected chi connectivity index (χ4v) is 18.6. The number of epoxide rings is 1. The number of aromatic nitrogens is 2. The summed E-state index contributed by atoms with van der Waals surface area (Å²) in [6.45, 7) is 23.0. The van der Waals surface area contributed by atoms with E-state index in [2.05, 4.69) is 102 Å². The number of ether oxygens (including phenoxy) is 2. The Morgan fingerprint density at radius 1 is 0.913 bits per heavy atom. The van der Waals surface area contributed by atoms with Crippen LogP contribution in [0, 0.1) is 63.6 Å². The summed E-state index contributed by atoms with van der Waals surface area (Å²) in [5.74, 6) is 1.22. The van der Waals surface area contributed by atoms with E-state index >= 15 is 4.79 Å². The first-order chi connectivity index (χ1) is 32.8. The smallest absolute Gasteiger partial charge is 0.163 e. The van der Waals surface area contributed by atoms with Gasteiger partial charge in [0.05, 0.1) is 28.8 Å². The van der Waals surface area contributed by atoms with E-state index in [9.17, 15) is 15.0 Å². The zero-order chi connectivity index (χ0) is 48.6. The van der Waals surface area contributed by atoms with Crippen molar-refractivity contribution in [3.05, 3.63) is 69.6 Å². The predicted molar refractivity (Wildman–Crippen MR) is 273 cm³/mol. The molecule has 8 heteroatoms. The standard InChI is InChI=1S/C61H86N2O6/c1-10-11-12-17-44-53(67)49-48-43(52(66)54-58(6)24-20-47(65)60(8,42-15-13-14-16-42)46(58)19-25-59(54,7)61(44,48)9)35-63-34-41(31-37-28-36(2)29-40(30-37)38-21-26-68-27-22-38)50-51(63)39(33-62-50)18-23-57(49,5)32-45(64)55-56(3,4)69-55/h28-30,33-34,38,42-46,52,54-55,62,64,66H,10-27,31-32,35H2,1-9H3/t43-,44-,45-,46-,52-,54-,55-,57+,58-,59+,60+,61+/m1/s1. The molecule has 0 amide bonds. The third-order valence-electron chi connectivity index (χ3n) is 22.2. The molecule has 6 fully saturated rings. The van der Waals surface area contributed by atoms with Crippen LogP contribution in [0.15, 0.2) is 41.7 Å². The van der Waals surface area contributed by atoms with Gasteiger partial charge in [-0.05, 0) is 159 Å². The molecule has 8 nitrogen and oxygen atoms in total. The fourth-order valence-electron chi connectivity index (χ4n) is 18.6. The lowest BCUT2D eigenvalue weighted by atomic mass is 9.33. The number of hydrogen-bond donors (Lipinski definition) is 3. The molecule has 2 aromatic heterocycles. The SMILES string of the molecule is CCCCC[C@@H]1C(=O)C2=C3[C@@H](Cn4cc(Cc5cc(C)cc(C6CCOCC6)c5)c5[nH]cc(c54)CC[C@@]2(C)C[C@@H](O)[C@H]2OC2(C)C)[C@@H](O)[C@@H]2[C@]4(C)CCC(=O)[C@@](C)(C5CCCC5)[C@@H]4CC[C@]2(C)[C@]31C. The van der Waals surface area contributed by atoms with Gasteiger partial charge >= 0.3 is 0 Å². The number of aliphatic hydroxyl groups is 2. The van der Waals surface area contributed by atoms with E-state index < -0.39 is 34.1 Å². The molecule has 0 bridgehead atoms. The van der Waals surface area contributed by atoms with Crippen molar-refractivity contribution in [2.75, 3.05) is 13.2 Å². The summed E-state index contributed by atoms with van der Waals surface area (Å²) in [6, 6.07) is 7.18. The number of benzene rings is 1. The molecule has 3 N–H and O–H groups in total. The maximum absolute atomic E-state index is 16.3. The predicted octanol–water partition coefficient (Wildman–Crippen LogP) is 12.3. The van der Waals surface area contributed by atoms with Gasteiger partial charge in [-0.15, -0.1) is 0 Å². The molecule has 1 aromatic carbocycles. The zero-order valence-electron chi connectivity index (χ0n) is 43.9. The first-order valence-electron chi connectivity index (χ1n) is 28.0. The number of rotatable bonds is 11. The third-order valence-corrected chi connectivity index (χ3v) is 22.2. The summed E-state index contributed by atoms with van der Waals surface area (Å²) >= 11 is 0. The number of Topliss-reactive ketones (excluding diaryl/α,β-unsaturated/α-hetero) is 2. The summed E-state index contributed by atoms with van der Waals surface area (Å²) < 4.78 is 14.4. The molecule has 0 radical (unpaired) electrons. The molecule has 11 rings (SSSR count). The van der Waals surface area contributed by atoms with E-state index in [1.54, 1.807) is 0 Å². The molecule has 3 aliphatic heterocycles. The van der Waals surface area contributed by atoms with Gasteiger partial charge in [-0.1, -0.05) is 97.4 Å². The van der Waals surface area contributed by atoms with Crippen LogP contribution in [-0.4, -0.2) is 68.5 Å². The maximum atomic E-state index is 16.3. The van der Waals surface area contributed by atoms with Crippen LogP contribution in [0.4, 0.5) is 0 Å². The Balaban J connectivity index is 1.09. The van der Waals surface area contributed by atoms with Gasteiger partial charge in [-0.3, -0.25) is 9.59 Å². The highest BCUT2D eigenvalue weighted by Crippen LogP contribution is 2.78. The average molecular weight is 943 g/mol. The molecule has 2 saturated heterocycles. The molecule has 5 heterocycles. The van der Waals surface area contributed by atoms with Crippen LogP contribution in [0.5, 0.6) is 0 Å². The minimum absolute atomic E-state index is 0.0928. The largest absolute Gasteiger partial charge is 0.392 e. The van der Waals surface area contributed by atoms with Gasteiger partial charge < -0.3 is 29.2 Å². The van der Waals surface area contributed by atoms with Gasteiger partial charge in [-0.2, -0.15) is 0 Å². The van der Waals surface area contributed by atoms with Crippen molar-refractivity contribution in [2.45, 2.75) is 214 Å². The Morgan fingerprint density at radius 2 is 1.65 bits per heavy atom. The van der Waals surface area contributed by atoms with Crippen LogP contribution >= 0.6 is 0 Å². The summed E-state index contributed by atoms with van der Waals surface area (Å²) in [6.07, 6.45) is 19.6. The molecule has 4 saturated carbocycles. The van der Waals surface area contributed by atoms with Crippen molar-refractivity contribution in [1.82, 2.24) is 9.55 Å². The lowest BCUT2D eigenvalue weighted by Gasteiger charge is -2.71.